The Balaban J connectivity index is 2.78. The molecule has 82 valence electrons. The molecule has 1 rings (SSSR count). The number of nitrogens with one attached hydrogen (secondary N) is 1. The van der Waals surface area contributed by atoms with Crippen LogP contribution in [-0.2, 0) is 17.9 Å². The number of halogens is 1. The number of amides is 1. The Kier molecular flexibility index (Phi) is 4.37. The number of aromatic nitrogens is 1. The van der Waals surface area contributed by atoms with E-state index in [1.807, 2.05) is 6.92 Å². The maximum absolute atomic E-state index is 11.7. The topological polar surface area (TPSA) is 51.1 Å². The van der Waals surface area contributed by atoms with Gasteiger partial charge in [0.05, 0.1) is 0 Å². The molecule has 15 heavy (non-hydrogen) atoms. The van der Waals surface area contributed by atoms with Gasteiger partial charge >= 0.3 is 0 Å². The minimum absolute atomic E-state index is 0.0742. The van der Waals surface area contributed by atoms with Crippen molar-refractivity contribution in [3.63, 3.8) is 0 Å². The molecule has 4 nitrogen and oxygen atoms in total. The first-order valence-corrected chi connectivity index (χ1v) is 5.23. The lowest BCUT2D eigenvalue weighted by Gasteiger charge is -2.05. The number of aryl methyl sites for hydroxylation is 1. The molecular weight excluding hydrogens is 216 g/mol. The number of hydrogen-bond donors (Lipinski definition) is 1. The summed E-state index contributed by atoms with van der Waals surface area (Å²) in [7, 11) is 0. The quantitative estimate of drug-likeness (QED) is 0.773. The Labute approximate surface area is 92.9 Å². The van der Waals surface area contributed by atoms with Crippen LogP contribution in [0.25, 0.3) is 0 Å². The largest absolute Gasteiger partial charge is 0.351 e. The Morgan fingerprint density at radius 1 is 1.60 bits per heavy atom. The number of carbonyl (C=O) groups excluding carboxylic acids is 1. The van der Waals surface area contributed by atoms with Crippen LogP contribution in [0.4, 0.5) is 0 Å². The van der Waals surface area contributed by atoms with Gasteiger partial charge in [-0.1, -0.05) is 6.07 Å². The average molecular weight is 229 g/mol. The van der Waals surface area contributed by atoms with Crippen molar-refractivity contribution >= 4 is 17.5 Å². The van der Waals surface area contributed by atoms with E-state index in [9.17, 15) is 9.59 Å². The van der Waals surface area contributed by atoms with Crippen LogP contribution >= 0.6 is 11.6 Å². The van der Waals surface area contributed by atoms with E-state index < -0.39 is 0 Å². The van der Waals surface area contributed by atoms with E-state index in [-0.39, 0.29) is 23.9 Å². The van der Waals surface area contributed by atoms with Gasteiger partial charge in [0.2, 0.25) is 5.91 Å². The van der Waals surface area contributed by atoms with Gasteiger partial charge < -0.3 is 9.88 Å². The molecule has 0 aliphatic heterocycles. The van der Waals surface area contributed by atoms with Gasteiger partial charge in [0.15, 0.2) is 0 Å². The van der Waals surface area contributed by atoms with Crippen LogP contribution in [0, 0.1) is 0 Å². The van der Waals surface area contributed by atoms with Crippen LogP contribution in [0.3, 0.4) is 0 Å². The molecule has 1 amide bonds. The summed E-state index contributed by atoms with van der Waals surface area (Å²) in [5, 5.41) is 2.56. The Morgan fingerprint density at radius 2 is 2.33 bits per heavy atom. The fourth-order valence-corrected chi connectivity index (χ4v) is 1.31. The smallest absolute Gasteiger partial charge is 0.255 e. The van der Waals surface area contributed by atoms with Gasteiger partial charge in [-0.3, -0.25) is 9.59 Å². The molecule has 0 unspecified atom stereocenters. The third-order valence-electron chi connectivity index (χ3n) is 2.04. The lowest BCUT2D eigenvalue weighted by atomic mass is 10.2. The summed E-state index contributed by atoms with van der Waals surface area (Å²) in [6.45, 7) is 2.74. The van der Waals surface area contributed by atoms with Crippen LogP contribution in [0.2, 0.25) is 0 Å². The summed E-state index contributed by atoms with van der Waals surface area (Å²) >= 11 is 5.32. The molecule has 0 fully saturated rings. The van der Waals surface area contributed by atoms with Gasteiger partial charge in [-0.15, -0.1) is 11.6 Å². The summed E-state index contributed by atoms with van der Waals surface area (Å²) in [5.74, 6) is -0.364. The molecule has 0 atom stereocenters. The maximum atomic E-state index is 11.7. The minimum atomic E-state index is -0.275. The molecule has 0 spiro atoms. The van der Waals surface area contributed by atoms with Crippen LogP contribution in [0.1, 0.15) is 12.5 Å². The van der Waals surface area contributed by atoms with Crippen molar-refractivity contribution in [2.45, 2.75) is 20.0 Å². The summed E-state index contributed by atoms with van der Waals surface area (Å²) < 4.78 is 1.59. The number of hydrogen-bond acceptors (Lipinski definition) is 2. The molecule has 1 heterocycles. The first-order chi connectivity index (χ1) is 7.19. The van der Waals surface area contributed by atoms with Gasteiger partial charge in [-0.25, -0.2) is 0 Å². The first kappa shape index (κ1) is 11.8. The van der Waals surface area contributed by atoms with Gasteiger partial charge in [-0.2, -0.15) is 0 Å². The van der Waals surface area contributed by atoms with Crippen LogP contribution in [0.5, 0.6) is 0 Å². The molecule has 0 aromatic carbocycles. The van der Waals surface area contributed by atoms with E-state index in [1.165, 1.54) is 0 Å². The minimum Gasteiger partial charge on any atom is -0.351 e. The SMILES string of the molecule is CCn1cccc(CNC(=O)CCl)c1=O. The fraction of sp³-hybridized carbons (Fsp3) is 0.400. The van der Waals surface area contributed by atoms with E-state index in [0.717, 1.165) is 0 Å². The zero-order valence-corrected chi connectivity index (χ0v) is 9.25. The number of carbonyl (C=O) groups is 1. The monoisotopic (exact) mass is 228 g/mol. The van der Waals surface area contributed by atoms with Gasteiger partial charge in [0.1, 0.15) is 5.88 Å². The summed E-state index contributed by atoms with van der Waals surface area (Å²) in [6, 6.07) is 3.48. The van der Waals surface area contributed by atoms with Crippen molar-refractivity contribution in [2.75, 3.05) is 5.88 Å². The second-order valence-electron chi connectivity index (χ2n) is 3.03. The molecule has 0 saturated heterocycles. The van der Waals surface area contributed by atoms with Gasteiger partial charge in [-0.05, 0) is 13.0 Å². The van der Waals surface area contributed by atoms with Crippen molar-refractivity contribution in [2.24, 2.45) is 0 Å². The van der Waals surface area contributed by atoms with Crippen molar-refractivity contribution in [1.82, 2.24) is 9.88 Å². The standard InChI is InChI=1S/C10H13ClN2O2/c1-2-13-5-3-4-8(10(13)15)7-12-9(14)6-11/h3-5H,2,6-7H2,1H3,(H,12,14). The molecule has 1 aromatic heterocycles. The average Bonchev–Trinajstić information content (AvgIpc) is 2.27. The normalized spacial score (nSPS) is 10.0. The highest BCUT2D eigenvalue weighted by Gasteiger charge is 2.03. The van der Waals surface area contributed by atoms with Crippen LogP contribution in [-0.4, -0.2) is 16.4 Å². The van der Waals surface area contributed by atoms with Crippen molar-refractivity contribution in [3.8, 4) is 0 Å². The fourth-order valence-electron chi connectivity index (χ4n) is 1.21. The second kappa shape index (κ2) is 5.56. The molecule has 0 aliphatic carbocycles. The third kappa shape index (κ3) is 3.09. The van der Waals surface area contributed by atoms with E-state index >= 15 is 0 Å². The van der Waals surface area contributed by atoms with Gasteiger partial charge in [0.25, 0.3) is 5.56 Å². The maximum Gasteiger partial charge on any atom is 0.255 e. The highest BCUT2D eigenvalue weighted by molar-refractivity contribution is 6.27. The number of rotatable bonds is 4. The van der Waals surface area contributed by atoms with Crippen LogP contribution < -0.4 is 10.9 Å². The second-order valence-corrected chi connectivity index (χ2v) is 3.30. The summed E-state index contributed by atoms with van der Waals surface area (Å²) in [6.07, 6.45) is 1.72. The van der Waals surface area contributed by atoms with Crippen molar-refractivity contribution < 1.29 is 4.79 Å². The zero-order chi connectivity index (χ0) is 11.3. The molecule has 1 aromatic rings. The number of alkyl halides is 1. The van der Waals surface area contributed by atoms with Crippen molar-refractivity contribution in [3.05, 3.63) is 34.2 Å². The summed E-state index contributed by atoms with van der Waals surface area (Å²) in [4.78, 5) is 22.6. The Morgan fingerprint density at radius 3 is 2.93 bits per heavy atom. The molecule has 0 bridgehead atoms. The zero-order valence-electron chi connectivity index (χ0n) is 8.50. The molecule has 1 N–H and O–H groups in total. The van der Waals surface area contributed by atoms with E-state index in [1.54, 1.807) is 22.9 Å². The molecule has 0 aliphatic rings. The Hall–Kier alpha value is -1.29. The van der Waals surface area contributed by atoms with E-state index in [4.69, 9.17) is 11.6 Å². The van der Waals surface area contributed by atoms with Gasteiger partial charge in [0, 0.05) is 24.8 Å². The third-order valence-corrected chi connectivity index (χ3v) is 2.28. The lowest BCUT2D eigenvalue weighted by molar-refractivity contribution is -0.118. The predicted octanol–water partition coefficient (Wildman–Crippen LogP) is 0.723. The first-order valence-electron chi connectivity index (χ1n) is 4.70. The lowest BCUT2D eigenvalue weighted by Crippen LogP contribution is -2.29. The molecule has 5 heteroatoms. The highest BCUT2D eigenvalue weighted by atomic mass is 35.5. The predicted molar refractivity (Wildman–Crippen MR) is 58.9 cm³/mol. The molecule has 0 radical (unpaired) electrons. The van der Waals surface area contributed by atoms with Crippen molar-refractivity contribution in [1.29, 1.82) is 0 Å². The van der Waals surface area contributed by atoms with E-state index in [2.05, 4.69) is 5.32 Å². The molecular formula is C10H13ClN2O2. The number of pyridine rings is 1. The summed E-state index contributed by atoms with van der Waals surface area (Å²) in [5.41, 5.74) is 0.493. The number of nitrogens with zero attached hydrogens (tertiary/aromatic N) is 1. The molecule has 0 saturated carbocycles. The highest BCUT2D eigenvalue weighted by Crippen LogP contribution is 1.92. The van der Waals surface area contributed by atoms with E-state index in [0.29, 0.717) is 12.1 Å². The van der Waals surface area contributed by atoms with Crippen LogP contribution in [0.15, 0.2) is 23.1 Å². The Bertz CT molecular complexity index is 401.